The third-order valence-corrected chi connectivity index (χ3v) is 15.1. The average molecular weight is 716 g/mol. The smallest absolute Gasteiger partial charge is 0.224 e. The van der Waals surface area contributed by atoms with E-state index in [1.54, 1.807) is 27.9 Å². The van der Waals surface area contributed by atoms with E-state index in [1.165, 1.54) is 71.7 Å². The van der Waals surface area contributed by atoms with Crippen LogP contribution in [0.15, 0.2) is 104 Å². The summed E-state index contributed by atoms with van der Waals surface area (Å²) in [6, 6.07) is 30.7. The number of fused-ring (bicyclic) bond motifs is 6. The van der Waals surface area contributed by atoms with Gasteiger partial charge in [-0.3, -0.25) is 0 Å². The molecule has 2 bridgehead atoms. The average Bonchev–Trinajstić information content (AvgIpc) is 3.97. The zero-order chi connectivity index (χ0) is 37.1. The summed E-state index contributed by atoms with van der Waals surface area (Å²) in [7, 11) is 2.50. The van der Waals surface area contributed by atoms with Crippen LogP contribution in [0.5, 0.6) is 0 Å². The number of nitrogens with zero attached hydrogens (tertiary/aromatic N) is 4. The quantitative estimate of drug-likeness (QED) is 0.117. The fourth-order valence-electron chi connectivity index (χ4n) is 12.3. The maximum Gasteiger partial charge on any atom is 0.294 e. The molecule has 5 unspecified atom stereocenters. The number of quaternary nitrogens is 2. The van der Waals surface area contributed by atoms with Crippen LogP contribution in [0.3, 0.4) is 0 Å². The molecule has 1 aromatic heterocycles. The summed E-state index contributed by atoms with van der Waals surface area (Å²) in [6.45, 7) is 15.6. The predicted molar refractivity (Wildman–Crippen MR) is 223 cm³/mol. The molecule has 0 N–H and O–H groups in total. The van der Waals surface area contributed by atoms with Gasteiger partial charge < -0.3 is 0 Å². The molecule has 1 spiro atoms. The molecule has 6 heterocycles. The van der Waals surface area contributed by atoms with Crippen molar-refractivity contribution < 1.29 is 9.05 Å². The number of rotatable bonds is 7. The fourth-order valence-corrected chi connectivity index (χ4v) is 12.3. The fraction of sp³-hybridized carbons (Fsp3) is 0.420. The molecule has 5 atom stereocenters. The molecule has 1 aliphatic carbocycles. The number of aromatic nitrogens is 2. The van der Waals surface area contributed by atoms with E-state index in [9.17, 15) is 0 Å². The Bertz CT molecular complexity index is 2290. The Morgan fingerprint density at radius 2 is 1.52 bits per heavy atom. The second-order valence-corrected chi connectivity index (χ2v) is 18.4. The van der Waals surface area contributed by atoms with E-state index in [1.807, 2.05) is 0 Å². The van der Waals surface area contributed by atoms with Gasteiger partial charge in [-0.2, -0.15) is 13.5 Å². The zero-order valence-electron chi connectivity index (χ0n) is 33.6. The second-order valence-electron chi connectivity index (χ2n) is 18.4. The number of hydrogen-bond donors (Lipinski definition) is 0. The van der Waals surface area contributed by atoms with Crippen molar-refractivity contribution in [3.63, 3.8) is 0 Å². The van der Waals surface area contributed by atoms with Gasteiger partial charge in [-0.1, -0.05) is 102 Å². The lowest BCUT2D eigenvalue weighted by molar-refractivity contribution is -0.945. The predicted octanol–water partition coefficient (Wildman–Crippen LogP) is 11.6. The maximum atomic E-state index is 2.75. The van der Waals surface area contributed by atoms with E-state index in [0.29, 0.717) is 29.8 Å². The van der Waals surface area contributed by atoms with Crippen molar-refractivity contribution in [2.45, 2.75) is 122 Å². The Balaban J connectivity index is 1.20. The Labute approximate surface area is 323 Å². The largest absolute Gasteiger partial charge is 0.294 e. The van der Waals surface area contributed by atoms with E-state index < -0.39 is 0 Å². The third kappa shape index (κ3) is 4.59. The van der Waals surface area contributed by atoms with E-state index >= 15 is 0 Å². The first-order chi connectivity index (χ1) is 26.1. The van der Waals surface area contributed by atoms with Crippen molar-refractivity contribution in [2.75, 3.05) is 13.7 Å². The lowest BCUT2D eigenvalue weighted by Gasteiger charge is -2.57. The van der Waals surface area contributed by atoms with Crippen LogP contribution in [0.4, 0.5) is 5.69 Å². The van der Waals surface area contributed by atoms with Gasteiger partial charge in [-0.25, -0.2) is 4.57 Å². The molecule has 0 amide bonds. The van der Waals surface area contributed by atoms with Gasteiger partial charge in [0.2, 0.25) is 12.8 Å². The molecule has 54 heavy (non-hydrogen) atoms. The number of aryl methyl sites for hydroxylation is 1. The van der Waals surface area contributed by atoms with Crippen molar-refractivity contribution >= 4 is 5.69 Å². The highest BCUT2D eigenvalue weighted by atomic mass is 15.7. The van der Waals surface area contributed by atoms with Crippen LogP contribution in [-0.4, -0.2) is 28.9 Å². The normalized spacial score (nSPS) is 26.9. The number of hydrogen-bond acceptors (Lipinski definition) is 0. The van der Waals surface area contributed by atoms with Crippen LogP contribution in [0, 0.1) is 0 Å². The van der Waals surface area contributed by atoms with Crippen LogP contribution in [0.25, 0.3) is 28.2 Å². The molecule has 11 rings (SSSR count). The molecule has 0 saturated carbocycles. The highest BCUT2D eigenvalue weighted by Crippen LogP contribution is 2.62. The SMILES string of the molecule is CCC1(CC)CC(C2CC3[N+]4(C)C=C[N+]3(C4)c3c2ccc2c3CCC2)c2ccccc2-c2n(-c3c(C(C)C)cc(-c4ccccc4)cc3C(C)C)cc[n+]21. The summed E-state index contributed by atoms with van der Waals surface area (Å²) >= 11 is 0. The van der Waals surface area contributed by atoms with E-state index in [4.69, 9.17) is 0 Å². The first kappa shape index (κ1) is 34.3. The minimum atomic E-state index is 0.000719. The number of imidazole rings is 1. The summed E-state index contributed by atoms with van der Waals surface area (Å²) in [5.74, 6) is 3.02. The third-order valence-electron chi connectivity index (χ3n) is 15.1. The topological polar surface area (TPSA) is 8.81 Å². The number of benzene rings is 4. The van der Waals surface area contributed by atoms with Crippen molar-refractivity contribution in [1.82, 2.24) is 9.05 Å². The molecular formula is C50H59N4+3. The summed E-state index contributed by atoms with van der Waals surface area (Å²) in [5, 5.41) is 0. The lowest BCUT2D eigenvalue weighted by Crippen LogP contribution is -2.79. The van der Waals surface area contributed by atoms with Gasteiger partial charge in [0, 0.05) is 28.2 Å². The first-order valence-corrected chi connectivity index (χ1v) is 21.2. The Morgan fingerprint density at radius 1 is 0.796 bits per heavy atom. The summed E-state index contributed by atoms with van der Waals surface area (Å²) in [6.07, 6.45) is 19.0. The Hall–Kier alpha value is -4.25. The molecule has 6 aliphatic rings. The van der Waals surface area contributed by atoms with Crippen molar-refractivity contribution in [2.24, 2.45) is 0 Å². The van der Waals surface area contributed by atoms with Crippen LogP contribution >= 0.6 is 0 Å². The zero-order valence-corrected chi connectivity index (χ0v) is 33.6. The van der Waals surface area contributed by atoms with Gasteiger partial charge in [0.15, 0.2) is 18.1 Å². The van der Waals surface area contributed by atoms with Gasteiger partial charge in [0.25, 0.3) is 5.82 Å². The minimum Gasteiger partial charge on any atom is -0.224 e. The van der Waals surface area contributed by atoms with Crippen molar-refractivity contribution in [3.8, 4) is 28.2 Å². The van der Waals surface area contributed by atoms with Crippen LogP contribution < -0.4 is 9.05 Å². The van der Waals surface area contributed by atoms with Gasteiger partial charge in [0.05, 0.1) is 19.0 Å². The molecule has 4 aromatic carbocycles. The Morgan fingerprint density at radius 3 is 2.22 bits per heavy atom. The van der Waals surface area contributed by atoms with Crippen LogP contribution in [0.2, 0.25) is 0 Å². The van der Waals surface area contributed by atoms with E-state index in [-0.39, 0.29) is 5.54 Å². The summed E-state index contributed by atoms with van der Waals surface area (Å²) in [5.41, 5.74) is 16.5. The summed E-state index contributed by atoms with van der Waals surface area (Å²) < 4.78 is 7.57. The van der Waals surface area contributed by atoms with Gasteiger partial charge in [0.1, 0.15) is 23.6 Å². The van der Waals surface area contributed by atoms with E-state index in [2.05, 4.69) is 161 Å². The van der Waals surface area contributed by atoms with Crippen molar-refractivity contribution in [3.05, 3.63) is 137 Å². The molecular weight excluding hydrogens is 657 g/mol. The second kappa shape index (κ2) is 12.1. The molecule has 0 radical (unpaired) electrons. The van der Waals surface area contributed by atoms with Gasteiger partial charge in [-0.05, 0) is 96.7 Å². The molecule has 5 aliphatic heterocycles. The van der Waals surface area contributed by atoms with Gasteiger partial charge >= 0.3 is 0 Å². The van der Waals surface area contributed by atoms with Gasteiger partial charge in [-0.15, -0.1) is 0 Å². The monoisotopic (exact) mass is 715 g/mol. The summed E-state index contributed by atoms with van der Waals surface area (Å²) in [4.78, 5) is 0. The first-order valence-electron chi connectivity index (χ1n) is 21.2. The maximum absolute atomic E-state index is 2.75. The van der Waals surface area contributed by atoms with Crippen LogP contribution in [-0.2, 0) is 18.4 Å². The molecule has 1 fully saturated rings. The molecule has 276 valence electrons. The van der Waals surface area contributed by atoms with Crippen molar-refractivity contribution in [1.29, 1.82) is 0 Å². The van der Waals surface area contributed by atoms with E-state index in [0.717, 1.165) is 28.2 Å². The molecule has 4 nitrogen and oxygen atoms in total. The highest BCUT2D eigenvalue weighted by molar-refractivity contribution is 5.73. The standard InChI is InChI=1S/C50H59N4/c1-8-50(9-2)31-45(44-30-46-53(7)26-27-54(46,32-53)48-38-21-15-18-36(38)22-23-40(44)48)39-19-13-14-20-41(39)49-51(24-25-52(49)50)47-42(33(3)4)28-37(29-43(47)34(5)6)35-16-11-10-12-17-35/h10-14,16-17,19-20,22-29,33-34,44-46H,8-9,15,18,21,30-32H2,1-7H3/q+3. The highest BCUT2D eigenvalue weighted by Gasteiger charge is 2.72. The van der Waals surface area contributed by atoms with Crippen LogP contribution in [0.1, 0.15) is 131 Å². The minimum absolute atomic E-state index is 0.000719. The molecule has 4 heteroatoms. The lowest BCUT2D eigenvalue weighted by atomic mass is 9.68. The molecule has 1 saturated heterocycles. The molecule has 5 aromatic rings. The Kier molecular flexibility index (Phi) is 7.69.